The third-order valence-electron chi connectivity index (χ3n) is 9.68. The monoisotopic (exact) mass is 721 g/mol. The predicted octanol–water partition coefficient (Wildman–Crippen LogP) is 11.0. The minimum absolute atomic E-state index is 0.0717. The van der Waals surface area contributed by atoms with Gasteiger partial charge in [-0.2, -0.15) is 0 Å². The third-order valence-corrected chi connectivity index (χ3v) is 9.68. The standard InChI is InChI=1S/C44H80O7/c1-4-6-7-8-9-10-11-17-20-23-26-29-33-41(46)42(47)34-31-36-43(48)50-38-40(37-45)51-44(49)35-30-27-24-21-18-15-13-12-14-16-19-22-25-28-32-39(3)5-2/h9-10,17,20,26,29,39-42,45-47H,4-8,11-16,18-19,21-25,27-28,30-38H2,1-3H3/b10-9-,20-17-,29-26-/t39?,40-,41?,42?/m0/s1. The summed E-state index contributed by atoms with van der Waals surface area (Å²) in [4.78, 5) is 24.3. The first-order valence-electron chi connectivity index (χ1n) is 21.1. The van der Waals surface area contributed by atoms with Crippen LogP contribution in [0.4, 0.5) is 0 Å². The summed E-state index contributed by atoms with van der Waals surface area (Å²) >= 11 is 0. The second-order valence-corrected chi connectivity index (χ2v) is 14.6. The number of hydrogen-bond donors (Lipinski definition) is 3. The lowest BCUT2D eigenvalue weighted by atomic mass is 9.99. The molecule has 51 heavy (non-hydrogen) atoms. The lowest BCUT2D eigenvalue weighted by molar-refractivity contribution is -0.161. The van der Waals surface area contributed by atoms with Gasteiger partial charge >= 0.3 is 11.9 Å². The minimum Gasteiger partial charge on any atom is -0.462 e. The summed E-state index contributed by atoms with van der Waals surface area (Å²) in [7, 11) is 0. The van der Waals surface area contributed by atoms with E-state index in [1.807, 2.05) is 12.2 Å². The van der Waals surface area contributed by atoms with E-state index in [2.05, 4.69) is 45.1 Å². The highest BCUT2D eigenvalue weighted by Gasteiger charge is 2.18. The molecule has 0 heterocycles. The maximum Gasteiger partial charge on any atom is 0.306 e. The average molecular weight is 721 g/mol. The van der Waals surface area contributed by atoms with Crippen LogP contribution in [0.5, 0.6) is 0 Å². The van der Waals surface area contributed by atoms with Gasteiger partial charge in [0.05, 0.1) is 18.8 Å². The Labute approximate surface area is 313 Å². The average Bonchev–Trinajstić information content (AvgIpc) is 3.13. The Hall–Kier alpha value is -1.96. The van der Waals surface area contributed by atoms with Crippen LogP contribution in [0.1, 0.15) is 194 Å². The van der Waals surface area contributed by atoms with Crippen molar-refractivity contribution in [2.24, 2.45) is 5.92 Å². The van der Waals surface area contributed by atoms with Gasteiger partial charge in [-0.05, 0) is 57.3 Å². The fourth-order valence-corrected chi connectivity index (χ4v) is 5.93. The number of esters is 2. The number of allylic oxidation sites excluding steroid dienone is 5. The largest absolute Gasteiger partial charge is 0.462 e. The minimum atomic E-state index is -0.930. The van der Waals surface area contributed by atoms with E-state index in [1.54, 1.807) is 0 Å². The van der Waals surface area contributed by atoms with Gasteiger partial charge in [-0.15, -0.1) is 0 Å². The van der Waals surface area contributed by atoms with Crippen LogP contribution in [0.3, 0.4) is 0 Å². The molecule has 0 spiro atoms. The summed E-state index contributed by atoms with van der Waals surface area (Å²) in [6, 6.07) is 0. The molecular formula is C44H80O7. The van der Waals surface area contributed by atoms with Crippen molar-refractivity contribution >= 4 is 11.9 Å². The Bertz CT molecular complexity index is 868. The van der Waals surface area contributed by atoms with Crippen LogP contribution < -0.4 is 0 Å². The maximum absolute atomic E-state index is 12.2. The molecule has 298 valence electrons. The molecule has 0 amide bonds. The van der Waals surface area contributed by atoms with E-state index in [1.165, 1.54) is 103 Å². The van der Waals surface area contributed by atoms with Gasteiger partial charge in [0.25, 0.3) is 0 Å². The van der Waals surface area contributed by atoms with Crippen molar-refractivity contribution in [3.63, 3.8) is 0 Å². The van der Waals surface area contributed by atoms with E-state index >= 15 is 0 Å². The number of hydrogen-bond acceptors (Lipinski definition) is 7. The molecule has 7 nitrogen and oxygen atoms in total. The van der Waals surface area contributed by atoms with Crippen molar-refractivity contribution < 1.29 is 34.4 Å². The molecule has 0 saturated carbocycles. The second kappa shape index (κ2) is 37.8. The molecule has 0 aromatic carbocycles. The first-order chi connectivity index (χ1) is 24.8. The Morgan fingerprint density at radius 1 is 0.588 bits per heavy atom. The van der Waals surface area contributed by atoms with E-state index < -0.39 is 30.9 Å². The van der Waals surface area contributed by atoms with Crippen molar-refractivity contribution in [2.45, 2.75) is 212 Å². The first kappa shape index (κ1) is 49.0. The summed E-state index contributed by atoms with van der Waals surface area (Å²) in [5, 5.41) is 30.0. The fraction of sp³-hybridized carbons (Fsp3) is 0.818. The lowest BCUT2D eigenvalue weighted by Gasteiger charge is -2.17. The smallest absolute Gasteiger partial charge is 0.306 e. The van der Waals surface area contributed by atoms with E-state index in [0.717, 1.165) is 44.4 Å². The molecule has 0 aliphatic heterocycles. The molecular weight excluding hydrogens is 640 g/mol. The van der Waals surface area contributed by atoms with E-state index in [4.69, 9.17) is 9.47 Å². The van der Waals surface area contributed by atoms with E-state index in [-0.39, 0.29) is 25.4 Å². The molecule has 0 aliphatic rings. The zero-order valence-corrected chi connectivity index (χ0v) is 33.3. The maximum atomic E-state index is 12.2. The quantitative estimate of drug-likeness (QED) is 0.0332. The van der Waals surface area contributed by atoms with E-state index in [0.29, 0.717) is 19.3 Å². The van der Waals surface area contributed by atoms with Gasteiger partial charge in [0.1, 0.15) is 6.61 Å². The van der Waals surface area contributed by atoms with Crippen LogP contribution in [-0.2, 0) is 19.1 Å². The summed E-state index contributed by atoms with van der Waals surface area (Å²) < 4.78 is 10.5. The number of aliphatic hydroxyl groups is 3. The molecule has 0 radical (unpaired) electrons. The highest BCUT2D eigenvalue weighted by Crippen LogP contribution is 2.16. The molecule has 0 bridgehead atoms. The van der Waals surface area contributed by atoms with Crippen molar-refractivity contribution in [1.82, 2.24) is 0 Å². The Balaban J connectivity index is 3.76. The molecule has 0 saturated heterocycles. The third kappa shape index (κ3) is 34.9. The van der Waals surface area contributed by atoms with Crippen molar-refractivity contribution in [2.75, 3.05) is 13.2 Å². The van der Waals surface area contributed by atoms with Gasteiger partial charge in [-0.3, -0.25) is 9.59 Å². The zero-order chi connectivity index (χ0) is 37.6. The highest BCUT2D eigenvalue weighted by molar-refractivity contribution is 5.70. The molecule has 3 unspecified atom stereocenters. The van der Waals surface area contributed by atoms with Crippen molar-refractivity contribution in [1.29, 1.82) is 0 Å². The number of unbranched alkanes of at least 4 members (excludes halogenated alkanes) is 16. The Morgan fingerprint density at radius 2 is 1.12 bits per heavy atom. The molecule has 0 aliphatic carbocycles. The van der Waals surface area contributed by atoms with Crippen LogP contribution in [-0.4, -0.2) is 58.8 Å². The van der Waals surface area contributed by atoms with Gasteiger partial charge in [-0.25, -0.2) is 0 Å². The highest BCUT2D eigenvalue weighted by atomic mass is 16.6. The zero-order valence-electron chi connectivity index (χ0n) is 33.3. The van der Waals surface area contributed by atoms with Crippen LogP contribution in [0.2, 0.25) is 0 Å². The lowest BCUT2D eigenvalue weighted by Crippen LogP contribution is -2.28. The molecule has 7 heteroatoms. The normalized spacial score (nSPS) is 14.4. The number of carbonyl (C=O) groups excluding carboxylic acids is 2. The van der Waals surface area contributed by atoms with Gasteiger partial charge in [0.2, 0.25) is 0 Å². The Morgan fingerprint density at radius 3 is 1.69 bits per heavy atom. The summed E-state index contributed by atoms with van der Waals surface area (Å²) in [5.41, 5.74) is 0. The summed E-state index contributed by atoms with van der Waals surface area (Å²) in [6.07, 6.45) is 38.1. The molecule has 3 N–H and O–H groups in total. The van der Waals surface area contributed by atoms with Gasteiger partial charge in [-0.1, -0.05) is 166 Å². The summed E-state index contributed by atoms with van der Waals surface area (Å²) in [5.74, 6) is 0.0170. The van der Waals surface area contributed by atoms with Gasteiger partial charge in [0.15, 0.2) is 6.10 Å². The van der Waals surface area contributed by atoms with Crippen molar-refractivity contribution in [3.05, 3.63) is 36.5 Å². The Kier molecular flexibility index (Phi) is 36.3. The molecule has 0 aromatic rings. The second-order valence-electron chi connectivity index (χ2n) is 14.6. The number of carbonyl (C=O) groups is 2. The molecule has 0 rings (SSSR count). The summed E-state index contributed by atoms with van der Waals surface area (Å²) in [6.45, 7) is 6.24. The number of rotatable bonds is 37. The van der Waals surface area contributed by atoms with Crippen LogP contribution >= 0.6 is 0 Å². The fourth-order valence-electron chi connectivity index (χ4n) is 5.93. The van der Waals surface area contributed by atoms with Crippen LogP contribution in [0.15, 0.2) is 36.5 Å². The van der Waals surface area contributed by atoms with Crippen LogP contribution in [0.25, 0.3) is 0 Å². The number of aliphatic hydroxyl groups excluding tert-OH is 3. The predicted molar refractivity (Wildman–Crippen MR) is 213 cm³/mol. The van der Waals surface area contributed by atoms with Gasteiger partial charge < -0.3 is 24.8 Å². The topological polar surface area (TPSA) is 113 Å². The van der Waals surface area contributed by atoms with Gasteiger partial charge in [0, 0.05) is 12.8 Å². The van der Waals surface area contributed by atoms with E-state index in [9.17, 15) is 24.9 Å². The SMILES string of the molecule is CCCCC/C=C\C/C=C\C/C=C\CC(O)C(O)CCCC(=O)OC[C@H](CO)OC(=O)CCCCCCCCCCCCCCCCC(C)CC. The molecule has 0 fully saturated rings. The molecule has 4 atom stereocenters. The first-order valence-corrected chi connectivity index (χ1v) is 21.1. The molecule has 0 aromatic heterocycles. The van der Waals surface area contributed by atoms with Crippen molar-refractivity contribution in [3.8, 4) is 0 Å². The number of ether oxygens (including phenoxy) is 2. The van der Waals surface area contributed by atoms with Crippen LogP contribution in [0, 0.1) is 5.92 Å².